The minimum absolute atomic E-state index is 0.0711. The van der Waals surface area contributed by atoms with Crippen molar-refractivity contribution >= 4 is 0 Å². The third-order valence-corrected chi connectivity index (χ3v) is 5.14. The molecule has 1 aliphatic carbocycles. The molecule has 5 nitrogen and oxygen atoms in total. The van der Waals surface area contributed by atoms with Crippen molar-refractivity contribution in [1.82, 2.24) is 15.1 Å². The lowest BCUT2D eigenvalue weighted by Crippen LogP contribution is -2.69. The molecule has 2 unspecified atom stereocenters. The highest BCUT2D eigenvalue weighted by Gasteiger charge is 2.45. The van der Waals surface area contributed by atoms with Crippen LogP contribution in [-0.2, 0) is 4.84 Å². The fourth-order valence-corrected chi connectivity index (χ4v) is 4.09. The van der Waals surface area contributed by atoms with Gasteiger partial charge in [0.2, 0.25) is 0 Å². The van der Waals surface area contributed by atoms with Crippen LogP contribution in [0.2, 0.25) is 0 Å². The molecule has 0 amide bonds. The van der Waals surface area contributed by atoms with Crippen LogP contribution < -0.4 is 0 Å². The van der Waals surface area contributed by atoms with Gasteiger partial charge in [0, 0.05) is 18.6 Å². The van der Waals surface area contributed by atoms with Gasteiger partial charge in [0.25, 0.3) is 0 Å². The summed E-state index contributed by atoms with van der Waals surface area (Å²) in [6.07, 6.45) is 8.98. The number of hydrogen-bond donors (Lipinski definition) is 0. The second kappa shape index (κ2) is 6.62. The highest BCUT2D eigenvalue weighted by molar-refractivity contribution is 4.98. The highest BCUT2D eigenvalue weighted by atomic mass is 16.8. The Morgan fingerprint density at radius 1 is 1.14 bits per heavy atom. The molecule has 0 aromatic heterocycles. The average Bonchev–Trinajstić information content (AvgIpc) is 2.91. The number of hydrazine groups is 1. The maximum Gasteiger partial charge on any atom is 0.130 e. The van der Waals surface area contributed by atoms with E-state index in [1.54, 1.807) is 0 Å². The van der Waals surface area contributed by atoms with Gasteiger partial charge in [-0.3, -0.25) is 9.74 Å². The summed E-state index contributed by atoms with van der Waals surface area (Å²) in [5.74, 6) is 0. The third kappa shape index (κ3) is 2.95. The summed E-state index contributed by atoms with van der Waals surface area (Å²) >= 11 is 0. The Balaban J connectivity index is 1.69. The summed E-state index contributed by atoms with van der Waals surface area (Å²) in [5, 5.41) is 13.9. The number of nitriles is 1. The van der Waals surface area contributed by atoms with Gasteiger partial charge >= 0.3 is 0 Å². The van der Waals surface area contributed by atoms with Crippen LogP contribution in [0.15, 0.2) is 0 Å². The quantitative estimate of drug-likeness (QED) is 0.796. The van der Waals surface area contributed by atoms with Crippen LogP contribution in [-0.4, -0.2) is 52.5 Å². The predicted octanol–water partition coefficient (Wildman–Crippen LogP) is 2.51. The second-order valence-electron chi connectivity index (χ2n) is 6.87. The zero-order chi connectivity index (χ0) is 14.8. The standard InChI is InChI=1S/C16H28N4O/c1-13(2)19(14-7-4-3-5-8-14)20-16(12-21-20)18-10-6-9-15(18)11-17/h13-16H,3-10,12H2,1-2H3. The maximum atomic E-state index is 9.32. The Hall–Kier alpha value is -0.670. The van der Waals surface area contributed by atoms with E-state index in [2.05, 4.69) is 35.0 Å². The molecule has 0 aromatic rings. The van der Waals surface area contributed by atoms with E-state index in [0.717, 1.165) is 26.0 Å². The van der Waals surface area contributed by atoms with E-state index >= 15 is 0 Å². The van der Waals surface area contributed by atoms with E-state index in [-0.39, 0.29) is 12.2 Å². The maximum absolute atomic E-state index is 9.32. The SMILES string of the molecule is CC(C)N(C1CCCCC1)N1OCC1N1CCCC1C#N. The molecule has 3 fully saturated rings. The van der Waals surface area contributed by atoms with Gasteiger partial charge in [-0.1, -0.05) is 19.3 Å². The normalized spacial score (nSPS) is 32.5. The summed E-state index contributed by atoms with van der Waals surface area (Å²) in [7, 11) is 0. The minimum atomic E-state index is 0.0711. The summed E-state index contributed by atoms with van der Waals surface area (Å²) in [6, 6.07) is 3.57. The predicted molar refractivity (Wildman–Crippen MR) is 80.8 cm³/mol. The molecule has 0 spiro atoms. The van der Waals surface area contributed by atoms with Crippen molar-refractivity contribution in [1.29, 1.82) is 5.26 Å². The van der Waals surface area contributed by atoms with E-state index in [1.807, 2.05) is 0 Å². The number of hydrogen-bond acceptors (Lipinski definition) is 5. The molecule has 3 aliphatic rings. The van der Waals surface area contributed by atoms with Gasteiger partial charge in [0.05, 0.1) is 12.1 Å². The Labute approximate surface area is 128 Å². The molecule has 1 saturated carbocycles. The van der Waals surface area contributed by atoms with E-state index in [4.69, 9.17) is 4.84 Å². The first-order valence-corrected chi connectivity index (χ1v) is 8.58. The molecule has 118 valence electrons. The van der Waals surface area contributed by atoms with Gasteiger partial charge in [0.15, 0.2) is 0 Å². The Morgan fingerprint density at radius 2 is 1.90 bits per heavy atom. The number of hydroxylamine groups is 1. The zero-order valence-corrected chi connectivity index (χ0v) is 13.4. The van der Waals surface area contributed by atoms with Crippen molar-refractivity contribution < 1.29 is 4.84 Å². The van der Waals surface area contributed by atoms with Gasteiger partial charge < -0.3 is 0 Å². The van der Waals surface area contributed by atoms with Crippen LogP contribution in [0.4, 0.5) is 0 Å². The van der Waals surface area contributed by atoms with Crippen molar-refractivity contribution in [3.05, 3.63) is 0 Å². The molecule has 2 aliphatic heterocycles. The van der Waals surface area contributed by atoms with Gasteiger partial charge in [-0.25, -0.2) is 5.01 Å². The van der Waals surface area contributed by atoms with Gasteiger partial charge in [-0.2, -0.15) is 5.26 Å². The minimum Gasteiger partial charge on any atom is -0.279 e. The zero-order valence-electron chi connectivity index (χ0n) is 13.4. The van der Waals surface area contributed by atoms with E-state index in [9.17, 15) is 5.26 Å². The summed E-state index contributed by atoms with van der Waals surface area (Å²) < 4.78 is 0. The van der Waals surface area contributed by atoms with Gasteiger partial charge in [-0.15, -0.1) is 5.17 Å². The second-order valence-corrected chi connectivity index (χ2v) is 6.87. The Morgan fingerprint density at radius 3 is 2.48 bits per heavy atom. The molecule has 0 N–H and O–H groups in total. The molecule has 2 atom stereocenters. The first-order valence-electron chi connectivity index (χ1n) is 8.58. The third-order valence-electron chi connectivity index (χ3n) is 5.14. The molecule has 5 heteroatoms. The topological polar surface area (TPSA) is 42.7 Å². The van der Waals surface area contributed by atoms with Crippen LogP contribution in [0.1, 0.15) is 58.8 Å². The van der Waals surface area contributed by atoms with Crippen molar-refractivity contribution in [2.45, 2.75) is 83.1 Å². The number of rotatable bonds is 4. The first kappa shape index (κ1) is 15.2. The molecule has 3 rings (SSSR count). The van der Waals surface area contributed by atoms with Crippen molar-refractivity contribution in [2.75, 3.05) is 13.2 Å². The molecule has 0 bridgehead atoms. The summed E-state index contributed by atoms with van der Waals surface area (Å²) in [6.45, 7) is 6.26. The van der Waals surface area contributed by atoms with E-state index < -0.39 is 0 Å². The van der Waals surface area contributed by atoms with Gasteiger partial charge in [-0.05, 0) is 39.5 Å². The van der Waals surface area contributed by atoms with Crippen molar-refractivity contribution in [3.8, 4) is 6.07 Å². The van der Waals surface area contributed by atoms with Crippen LogP contribution in [0.3, 0.4) is 0 Å². The smallest absolute Gasteiger partial charge is 0.130 e. The molecule has 0 radical (unpaired) electrons. The van der Waals surface area contributed by atoms with Crippen LogP contribution in [0, 0.1) is 11.3 Å². The molecular weight excluding hydrogens is 264 g/mol. The summed E-state index contributed by atoms with van der Waals surface area (Å²) in [4.78, 5) is 8.17. The van der Waals surface area contributed by atoms with Crippen molar-refractivity contribution in [2.24, 2.45) is 0 Å². The average molecular weight is 292 g/mol. The molecule has 2 heterocycles. The van der Waals surface area contributed by atoms with Gasteiger partial charge in [0.1, 0.15) is 12.8 Å². The highest BCUT2D eigenvalue weighted by Crippen LogP contribution is 2.33. The number of likely N-dealkylation sites (tertiary alicyclic amines) is 1. The van der Waals surface area contributed by atoms with Crippen LogP contribution >= 0.6 is 0 Å². The van der Waals surface area contributed by atoms with Crippen molar-refractivity contribution in [3.63, 3.8) is 0 Å². The first-order chi connectivity index (χ1) is 10.2. The van der Waals surface area contributed by atoms with E-state index in [0.29, 0.717) is 12.1 Å². The lowest BCUT2D eigenvalue weighted by molar-refractivity contribution is -0.431. The van der Waals surface area contributed by atoms with E-state index in [1.165, 1.54) is 32.1 Å². The largest absolute Gasteiger partial charge is 0.279 e. The lowest BCUT2D eigenvalue weighted by Gasteiger charge is -2.54. The fraction of sp³-hybridized carbons (Fsp3) is 0.938. The molecule has 2 saturated heterocycles. The number of nitrogens with zero attached hydrogens (tertiary/aromatic N) is 4. The lowest BCUT2D eigenvalue weighted by atomic mass is 9.94. The molecule has 0 aromatic carbocycles. The van der Waals surface area contributed by atoms with Crippen LogP contribution in [0.5, 0.6) is 0 Å². The summed E-state index contributed by atoms with van der Waals surface area (Å²) in [5.41, 5.74) is 0. The Bertz CT molecular complexity index is 388. The Kier molecular flexibility index (Phi) is 4.80. The molecular formula is C16H28N4O. The van der Waals surface area contributed by atoms with Crippen LogP contribution in [0.25, 0.3) is 0 Å². The molecule has 21 heavy (non-hydrogen) atoms. The fourth-order valence-electron chi connectivity index (χ4n) is 4.09. The monoisotopic (exact) mass is 292 g/mol.